The lowest BCUT2D eigenvalue weighted by atomic mass is 10.1. The minimum Gasteiger partial charge on any atom is -0.457 e. The Balaban J connectivity index is 1.61. The van der Waals surface area contributed by atoms with Gasteiger partial charge in [-0.3, -0.25) is 4.68 Å². The van der Waals surface area contributed by atoms with Crippen LogP contribution in [0.2, 0.25) is 5.02 Å². The van der Waals surface area contributed by atoms with Crippen molar-refractivity contribution in [3.05, 3.63) is 83.3 Å². The molecule has 0 spiro atoms. The molecule has 1 aromatic heterocycles. The number of halogens is 2. The fraction of sp³-hybridized carbons (Fsp3) is 0.174. The first-order chi connectivity index (χ1) is 14.0. The van der Waals surface area contributed by atoms with Gasteiger partial charge >= 0.3 is 0 Å². The topological polar surface area (TPSA) is 39.1 Å². The van der Waals surface area contributed by atoms with E-state index in [0.29, 0.717) is 16.5 Å². The number of hydrogen-bond acceptors (Lipinski definition) is 3. The lowest BCUT2D eigenvalue weighted by Gasteiger charge is -2.20. The highest BCUT2D eigenvalue weighted by Gasteiger charge is 2.15. The molecule has 0 radical (unpaired) electrons. The van der Waals surface area contributed by atoms with Crippen LogP contribution in [-0.4, -0.2) is 9.78 Å². The highest BCUT2D eigenvalue weighted by molar-refractivity contribution is 6.30. The van der Waals surface area contributed by atoms with E-state index in [2.05, 4.69) is 23.4 Å². The molecule has 0 saturated heterocycles. The van der Waals surface area contributed by atoms with Crippen LogP contribution in [0.15, 0.2) is 66.9 Å². The van der Waals surface area contributed by atoms with E-state index in [1.54, 1.807) is 30.3 Å². The molecule has 3 aromatic carbocycles. The molecule has 29 heavy (non-hydrogen) atoms. The summed E-state index contributed by atoms with van der Waals surface area (Å²) in [6.45, 7) is 4.83. The zero-order valence-corrected chi connectivity index (χ0v) is 16.9. The molecular formula is C23H21ClFN3O. The highest BCUT2D eigenvalue weighted by Crippen LogP contribution is 2.33. The number of ether oxygens (including phenoxy) is 1. The SMILES string of the molecule is CCn1ncc2ccc(NC(C)c3cc(F)ccc3Oc3ccc(Cl)cc3)cc21. The Morgan fingerprint density at radius 2 is 1.90 bits per heavy atom. The standard InChI is InChI=1S/C23H21ClFN3O/c1-3-28-22-13-19(8-4-16(22)14-26-28)27-15(2)21-12-18(25)7-11-23(21)29-20-9-5-17(24)6-10-20/h4-15,27H,3H2,1-2H3. The number of aryl methyl sites for hydroxylation is 1. The Bertz CT molecular complexity index is 1140. The highest BCUT2D eigenvalue weighted by atomic mass is 35.5. The van der Waals surface area contributed by atoms with Gasteiger partial charge in [0.1, 0.15) is 17.3 Å². The lowest BCUT2D eigenvalue weighted by Crippen LogP contribution is -2.08. The molecule has 0 aliphatic carbocycles. The van der Waals surface area contributed by atoms with E-state index in [4.69, 9.17) is 16.3 Å². The number of anilines is 1. The molecule has 0 aliphatic heterocycles. The average Bonchev–Trinajstić information content (AvgIpc) is 3.13. The zero-order valence-electron chi connectivity index (χ0n) is 16.2. The minimum atomic E-state index is -0.309. The van der Waals surface area contributed by atoms with Gasteiger partial charge in [-0.25, -0.2) is 4.39 Å². The first-order valence-electron chi connectivity index (χ1n) is 9.48. The van der Waals surface area contributed by atoms with E-state index in [-0.39, 0.29) is 11.9 Å². The molecule has 1 atom stereocenters. The second-order valence-corrected chi connectivity index (χ2v) is 7.27. The van der Waals surface area contributed by atoms with Crippen molar-refractivity contribution in [1.82, 2.24) is 9.78 Å². The molecule has 0 bridgehead atoms. The van der Waals surface area contributed by atoms with E-state index in [9.17, 15) is 4.39 Å². The molecule has 0 saturated carbocycles. The van der Waals surface area contributed by atoms with Crippen LogP contribution in [0.5, 0.6) is 11.5 Å². The summed E-state index contributed by atoms with van der Waals surface area (Å²) in [5, 5.41) is 9.54. The molecule has 0 aliphatic rings. The molecule has 4 rings (SSSR count). The Labute approximate surface area is 173 Å². The zero-order chi connectivity index (χ0) is 20.4. The summed E-state index contributed by atoms with van der Waals surface area (Å²) >= 11 is 5.94. The number of nitrogens with zero attached hydrogens (tertiary/aromatic N) is 2. The summed E-state index contributed by atoms with van der Waals surface area (Å²) in [4.78, 5) is 0. The molecule has 4 nitrogen and oxygen atoms in total. The molecular weight excluding hydrogens is 389 g/mol. The molecule has 6 heteroatoms. The Hall–Kier alpha value is -3.05. The number of aromatic nitrogens is 2. The number of rotatable bonds is 6. The monoisotopic (exact) mass is 409 g/mol. The Morgan fingerprint density at radius 1 is 1.10 bits per heavy atom. The summed E-state index contributed by atoms with van der Waals surface area (Å²) in [5.41, 5.74) is 2.72. The van der Waals surface area contributed by atoms with Crippen molar-refractivity contribution in [1.29, 1.82) is 0 Å². The van der Waals surface area contributed by atoms with Gasteiger partial charge in [-0.05, 0) is 74.5 Å². The van der Waals surface area contributed by atoms with Crippen LogP contribution in [0, 0.1) is 5.82 Å². The smallest absolute Gasteiger partial charge is 0.132 e. The fourth-order valence-corrected chi connectivity index (χ4v) is 3.45. The first-order valence-corrected chi connectivity index (χ1v) is 9.86. The lowest BCUT2D eigenvalue weighted by molar-refractivity contribution is 0.471. The molecule has 148 valence electrons. The van der Waals surface area contributed by atoms with E-state index in [1.807, 2.05) is 29.9 Å². The van der Waals surface area contributed by atoms with Crippen molar-refractivity contribution >= 4 is 28.2 Å². The van der Waals surface area contributed by atoms with Crippen molar-refractivity contribution in [3.8, 4) is 11.5 Å². The van der Waals surface area contributed by atoms with Crippen molar-refractivity contribution in [2.24, 2.45) is 0 Å². The largest absolute Gasteiger partial charge is 0.457 e. The van der Waals surface area contributed by atoms with Crippen LogP contribution < -0.4 is 10.1 Å². The second-order valence-electron chi connectivity index (χ2n) is 6.84. The van der Waals surface area contributed by atoms with Gasteiger partial charge in [0.15, 0.2) is 0 Å². The van der Waals surface area contributed by atoms with E-state index >= 15 is 0 Å². The summed E-state index contributed by atoms with van der Waals surface area (Å²) in [7, 11) is 0. The first kappa shape index (κ1) is 19.3. The number of hydrogen-bond donors (Lipinski definition) is 1. The predicted octanol–water partition coefficient (Wildman–Crippen LogP) is 6.81. The fourth-order valence-electron chi connectivity index (χ4n) is 3.32. The quantitative estimate of drug-likeness (QED) is 0.380. The van der Waals surface area contributed by atoms with E-state index < -0.39 is 0 Å². The molecule has 1 N–H and O–H groups in total. The van der Waals surface area contributed by atoms with Gasteiger partial charge in [0, 0.05) is 28.2 Å². The van der Waals surface area contributed by atoms with E-state index in [1.165, 1.54) is 12.1 Å². The van der Waals surface area contributed by atoms with Gasteiger partial charge in [0.05, 0.1) is 17.8 Å². The molecule has 1 unspecified atom stereocenters. The van der Waals surface area contributed by atoms with Gasteiger partial charge in [0.2, 0.25) is 0 Å². The van der Waals surface area contributed by atoms with Crippen LogP contribution in [0.3, 0.4) is 0 Å². The van der Waals surface area contributed by atoms with Crippen molar-refractivity contribution in [2.45, 2.75) is 26.4 Å². The third-order valence-electron chi connectivity index (χ3n) is 4.81. The third kappa shape index (κ3) is 4.20. The maximum absolute atomic E-state index is 14.0. The molecule has 4 aromatic rings. The average molecular weight is 410 g/mol. The van der Waals surface area contributed by atoms with Gasteiger partial charge in [-0.2, -0.15) is 5.10 Å². The molecule has 0 amide bonds. The van der Waals surface area contributed by atoms with Crippen LogP contribution in [0.1, 0.15) is 25.5 Å². The van der Waals surface area contributed by atoms with Crippen LogP contribution in [0.4, 0.5) is 10.1 Å². The van der Waals surface area contributed by atoms with Gasteiger partial charge in [-0.15, -0.1) is 0 Å². The molecule has 0 fully saturated rings. The van der Waals surface area contributed by atoms with Crippen molar-refractivity contribution in [3.63, 3.8) is 0 Å². The van der Waals surface area contributed by atoms with Crippen LogP contribution >= 0.6 is 11.6 Å². The maximum Gasteiger partial charge on any atom is 0.132 e. The van der Waals surface area contributed by atoms with Crippen molar-refractivity contribution in [2.75, 3.05) is 5.32 Å². The predicted molar refractivity (Wildman–Crippen MR) is 115 cm³/mol. The summed E-state index contributed by atoms with van der Waals surface area (Å²) in [6.07, 6.45) is 1.86. The maximum atomic E-state index is 14.0. The van der Waals surface area contributed by atoms with Crippen LogP contribution in [-0.2, 0) is 6.54 Å². The third-order valence-corrected chi connectivity index (χ3v) is 5.06. The van der Waals surface area contributed by atoms with Crippen molar-refractivity contribution < 1.29 is 9.13 Å². The summed E-state index contributed by atoms with van der Waals surface area (Å²) in [5.74, 6) is 0.924. The van der Waals surface area contributed by atoms with Gasteiger partial charge < -0.3 is 10.1 Å². The van der Waals surface area contributed by atoms with Crippen LogP contribution in [0.25, 0.3) is 10.9 Å². The Kier molecular flexibility index (Phi) is 5.41. The normalized spacial score (nSPS) is 12.1. The molecule has 1 heterocycles. The van der Waals surface area contributed by atoms with Gasteiger partial charge in [-0.1, -0.05) is 11.6 Å². The summed E-state index contributed by atoms with van der Waals surface area (Å²) < 4.78 is 21.9. The second kappa shape index (κ2) is 8.13. The number of nitrogens with one attached hydrogen (secondary N) is 1. The number of fused-ring (bicyclic) bond motifs is 1. The minimum absolute atomic E-state index is 0.177. The Morgan fingerprint density at radius 3 is 2.66 bits per heavy atom. The van der Waals surface area contributed by atoms with E-state index in [0.717, 1.165) is 28.7 Å². The number of benzene rings is 3. The summed E-state index contributed by atoms with van der Waals surface area (Å²) in [6, 6.07) is 17.5. The van der Waals surface area contributed by atoms with Gasteiger partial charge in [0.25, 0.3) is 0 Å².